The Morgan fingerprint density at radius 2 is 1.95 bits per heavy atom. The van der Waals surface area contributed by atoms with E-state index in [9.17, 15) is 18.0 Å². The van der Waals surface area contributed by atoms with Gasteiger partial charge in [0.25, 0.3) is 5.91 Å². The molecule has 40 heavy (non-hydrogen) atoms. The van der Waals surface area contributed by atoms with Crippen molar-refractivity contribution in [2.75, 3.05) is 38.4 Å². The largest absolute Gasteiger partial charge is 0.495 e. The van der Waals surface area contributed by atoms with Gasteiger partial charge in [-0.3, -0.25) is 4.79 Å². The first-order chi connectivity index (χ1) is 19.2. The molecule has 2 atom stereocenters. The van der Waals surface area contributed by atoms with Crippen molar-refractivity contribution < 1.29 is 22.7 Å². The standard InChI is InChI=1S/C28H33F3N6O2S/c1-32-20-7-4-8-21(11-10-20)36-25-23-16-19(27(40-28(29,30)31)37(23)15-14-35-25)6-5-13-34-22-12-9-18(26(38)33-2)17-24(22)39-3/h9,12,14-17,20-21,32,34H,4,7-8,10-11,13H2,1-3H3,(H,33,38)(H,35,36)/t20-,21?/m0/s1. The van der Waals surface area contributed by atoms with Gasteiger partial charge in [-0.15, -0.1) is 0 Å². The molecule has 3 aromatic rings. The molecule has 0 radical (unpaired) electrons. The van der Waals surface area contributed by atoms with Crippen molar-refractivity contribution in [2.45, 2.75) is 54.7 Å². The third-order valence-electron chi connectivity index (χ3n) is 6.86. The van der Waals surface area contributed by atoms with Crippen molar-refractivity contribution in [3.8, 4) is 17.6 Å². The molecule has 12 heteroatoms. The molecule has 0 bridgehead atoms. The van der Waals surface area contributed by atoms with E-state index in [4.69, 9.17) is 4.74 Å². The summed E-state index contributed by atoms with van der Waals surface area (Å²) in [6, 6.07) is 7.25. The van der Waals surface area contributed by atoms with Gasteiger partial charge in [-0.25, -0.2) is 4.98 Å². The fraction of sp³-hybridized carbons (Fsp3) is 0.429. The molecule has 2 aromatic heterocycles. The minimum absolute atomic E-state index is 0.0101. The molecule has 1 saturated carbocycles. The maximum Gasteiger partial charge on any atom is 0.447 e. The van der Waals surface area contributed by atoms with Crippen LogP contribution in [0.5, 0.6) is 5.75 Å². The Labute approximate surface area is 235 Å². The van der Waals surface area contributed by atoms with Crippen LogP contribution in [0.4, 0.5) is 24.7 Å². The highest BCUT2D eigenvalue weighted by Gasteiger charge is 2.32. The van der Waals surface area contributed by atoms with E-state index in [1.54, 1.807) is 31.3 Å². The summed E-state index contributed by atoms with van der Waals surface area (Å²) in [6.45, 7) is 0.149. The number of nitrogens with zero attached hydrogens (tertiary/aromatic N) is 2. The number of hydrogen-bond donors (Lipinski definition) is 4. The number of rotatable bonds is 8. The highest BCUT2D eigenvalue weighted by atomic mass is 32.2. The van der Waals surface area contributed by atoms with Gasteiger partial charge in [-0.2, -0.15) is 13.2 Å². The Morgan fingerprint density at radius 1 is 1.18 bits per heavy atom. The number of amides is 1. The lowest BCUT2D eigenvalue weighted by atomic mass is 10.1. The number of carbonyl (C=O) groups is 1. The zero-order valence-corrected chi connectivity index (χ0v) is 23.4. The fourth-order valence-electron chi connectivity index (χ4n) is 4.82. The first-order valence-electron chi connectivity index (χ1n) is 13.0. The minimum Gasteiger partial charge on any atom is -0.495 e. The molecule has 1 amide bonds. The summed E-state index contributed by atoms with van der Waals surface area (Å²) in [5, 5.41) is 12.5. The number of nitrogens with one attached hydrogen (secondary N) is 4. The highest BCUT2D eigenvalue weighted by Crippen LogP contribution is 2.40. The van der Waals surface area contributed by atoms with Gasteiger partial charge in [-0.05, 0) is 63.4 Å². The van der Waals surface area contributed by atoms with Crippen LogP contribution in [0, 0.1) is 11.8 Å². The number of aromatic nitrogens is 2. The number of thioether (sulfide) groups is 1. The molecule has 1 aliphatic carbocycles. The lowest BCUT2D eigenvalue weighted by Crippen LogP contribution is -2.25. The van der Waals surface area contributed by atoms with Crippen LogP contribution >= 0.6 is 11.8 Å². The summed E-state index contributed by atoms with van der Waals surface area (Å²) in [5.74, 6) is 6.58. The van der Waals surface area contributed by atoms with Crippen molar-refractivity contribution in [1.29, 1.82) is 0 Å². The summed E-state index contributed by atoms with van der Waals surface area (Å²) < 4.78 is 47.5. The Balaban J connectivity index is 1.57. The maximum atomic E-state index is 13.5. The first-order valence-corrected chi connectivity index (χ1v) is 13.9. The van der Waals surface area contributed by atoms with Gasteiger partial charge in [0.1, 0.15) is 10.8 Å². The van der Waals surface area contributed by atoms with Crippen LogP contribution in [-0.2, 0) is 0 Å². The molecule has 1 unspecified atom stereocenters. The van der Waals surface area contributed by atoms with Crippen LogP contribution < -0.4 is 26.0 Å². The minimum atomic E-state index is -4.48. The van der Waals surface area contributed by atoms with Gasteiger partial charge >= 0.3 is 5.51 Å². The molecule has 214 valence electrons. The molecule has 1 aromatic carbocycles. The van der Waals surface area contributed by atoms with Crippen molar-refractivity contribution in [2.24, 2.45) is 0 Å². The second-order valence-corrected chi connectivity index (χ2v) is 10.5. The third-order valence-corrected chi connectivity index (χ3v) is 7.70. The smallest absolute Gasteiger partial charge is 0.447 e. The number of benzene rings is 1. The van der Waals surface area contributed by atoms with Gasteiger partial charge in [0.15, 0.2) is 5.82 Å². The highest BCUT2D eigenvalue weighted by molar-refractivity contribution is 8.00. The molecule has 0 saturated heterocycles. The molecule has 4 rings (SSSR count). The van der Waals surface area contributed by atoms with Crippen molar-refractivity contribution in [3.63, 3.8) is 0 Å². The zero-order valence-electron chi connectivity index (χ0n) is 22.6. The number of carbonyl (C=O) groups excluding carboxylic acids is 1. The van der Waals surface area contributed by atoms with E-state index in [1.807, 2.05) is 7.05 Å². The van der Waals surface area contributed by atoms with Crippen LogP contribution in [0.3, 0.4) is 0 Å². The number of methoxy groups -OCH3 is 1. The average molecular weight is 575 g/mol. The third kappa shape index (κ3) is 7.34. The van der Waals surface area contributed by atoms with E-state index in [0.29, 0.717) is 34.4 Å². The molecular formula is C28H33F3N6O2S. The summed E-state index contributed by atoms with van der Waals surface area (Å²) >= 11 is -0.190. The van der Waals surface area contributed by atoms with E-state index in [0.717, 1.165) is 32.1 Å². The van der Waals surface area contributed by atoms with Crippen molar-refractivity contribution >= 4 is 34.7 Å². The topological polar surface area (TPSA) is 91.7 Å². The van der Waals surface area contributed by atoms with Crippen LogP contribution in [0.25, 0.3) is 5.52 Å². The van der Waals surface area contributed by atoms with Crippen LogP contribution in [-0.4, -0.2) is 60.6 Å². The zero-order chi connectivity index (χ0) is 28.7. The maximum absolute atomic E-state index is 13.5. The number of ether oxygens (including phenoxy) is 1. The molecule has 2 heterocycles. The second kappa shape index (κ2) is 13.2. The molecule has 8 nitrogen and oxygen atoms in total. The Hall–Kier alpha value is -3.56. The molecular weight excluding hydrogens is 541 g/mol. The van der Waals surface area contributed by atoms with E-state index in [-0.39, 0.29) is 40.8 Å². The number of halogens is 3. The van der Waals surface area contributed by atoms with E-state index >= 15 is 0 Å². The average Bonchev–Trinajstić information content (AvgIpc) is 3.12. The van der Waals surface area contributed by atoms with E-state index in [2.05, 4.69) is 38.1 Å². The Morgan fingerprint density at radius 3 is 2.67 bits per heavy atom. The van der Waals surface area contributed by atoms with Gasteiger partial charge in [0.05, 0.1) is 30.4 Å². The van der Waals surface area contributed by atoms with Crippen molar-refractivity contribution in [1.82, 2.24) is 20.0 Å². The quantitative estimate of drug-likeness (QED) is 0.169. The Bertz CT molecular complexity index is 1400. The van der Waals surface area contributed by atoms with Crippen molar-refractivity contribution in [3.05, 3.63) is 47.8 Å². The Kier molecular flexibility index (Phi) is 9.71. The summed E-state index contributed by atoms with van der Waals surface area (Å²) in [6.07, 6.45) is 8.14. The van der Waals surface area contributed by atoms with Gasteiger partial charge in [0.2, 0.25) is 0 Å². The lowest BCUT2D eigenvalue weighted by molar-refractivity contribution is -0.0329. The number of fused-ring (bicyclic) bond motifs is 1. The SMILES string of the molecule is CNC(=O)c1ccc(NCC#Cc2cc3c(NC4CCC[C@H](NC)CC4)nccn3c2SC(F)(F)F)c(OC)c1. The van der Waals surface area contributed by atoms with Gasteiger partial charge in [0, 0.05) is 48.9 Å². The number of alkyl halides is 3. The molecule has 0 spiro atoms. The van der Waals surface area contributed by atoms with Crippen LogP contribution in [0.15, 0.2) is 41.7 Å². The van der Waals surface area contributed by atoms with Gasteiger partial charge in [-0.1, -0.05) is 11.8 Å². The first kappa shape index (κ1) is 29.4. The fourth-order valence-corrected chi connectivity index (χ4v) is 5.52. The molecule has 1 aliphatic rings. The van der Waals surface area contributed by atoms with Crippen LogP contribution in [0.2, 0.25) is 0 Å². The van der Waals surface area contributed by atoms with E-state index < -0.39 is 5.51 Å². The molecule has 0 aliphatic heterocycles. The van der Waals surface area contributed by atoms with Crippen LogP contribution in [0.1, 0.15) is 48.0 Å². The summed E-state index contributed by atoms with van der Waals surface area (Å²) in [5.41, 5.74) is -2.63. The molecule has 4 N–H and O–H groups in total. The summed E-state index contributed by atoms with van der Waals surface area (Å²) in [4.78, 5) is 16.3. The normalized spacial score (nSPS) is 17.4. The lowest BCUT2D eigenvalue weighted by Gasteiger charge is -2.18. The second-order valence-electron chi connectivity index (χ2n) is 9.43. The number of hydrogen-bond acceptors (Lipinski definition) is 7. The van der Waals surface area contributed by atoms with Gasteiger partial charge < -0.3 is 30.4 Å². The predicted molar refractivity (Wildman–Crippen MR) is 152 cm³/mol. The summed E-state index contributed by atoms with van der Waals surface area (Å²) in [7, 11) is 5.00. The number of anilines is 2. The monoisotopic (exact) mass is 574 g/mol. The molecule has 1 fully saturated rings. The predicted octanol–water partition coefficient (Wildman–Crippen LogP) is 5.11. The van der Waals surface area contributed by atoms with E-state index in [1.165, 1.54) is 23.9 Å².